The molecule has 0 amide bonds. The van der Waals surface area contributed by atoms with Crippen LogP contribution in [-0.4, -0.2) is 70.5 Å². The van der Waals surface area contributed by atoms with Crippen molar-refractivity contribution in [1.82, 2.24) is 0 Å². The van der Waals surface area contributed by atoms with Crippen LogP contribution >= 0.6 is 0 Å². The van der Waals surface area contributed by atoms with E-state index in [4.69, 9.17) is 56.8 Å². The highest BCUT2D eigenvalue weighted by Crippen LogP contribution is 2.36. The predicted octanol–water partition coefficient (Wildman–Crippen LogP) is 18.0. The normalized spacial score (nSPS) is 11.9. The minimum absolute atomic E-state index is 0.0819. The van der Waals surface area contributed by atoms with Crippen LogP contribution in [0.3, 0.4) is 0 Å². The smallest absolute Gasteiger partial charge is 0.429 e. The Hall–Kier alpha value is -9.06. The second-order valence-corrected chi connectivity index (χ2v) is 26.8. The third-order valence-corrected chi connectivity index (χ3v) is 11.6. The fourth-order valence-corrected chi connectivity index (χ4v) is 8.12. The first-order valence-electron chi connectivity index (χ1n) is 29.1. The molecule has 0 unspecified atom stereocenters. The van der Waals surface area contributed by atoms with Crippen molar-refractivity contribution in [2.45, 2.75) is 190 Å². The first-order valence-corrected chi connectivity index (χ1v) is 29.1. The highest BCUT2D eigenvalue weighted by atomic mass is 16.8. The lowest BCUT2D eigenvalue weighted by atomic mass is 9.84. The molecule has 0 bridgehead atoms. The molecule has 0 atom stereocenters. The number of ether oxygens (including phenoxy) is 12. The Balaban J connectivity index is 0.000000325. The Morgan fingerprint density at radius 1 is 0.247 bits per heavy atom. The minimum Gasteiger partial charge on any atom is -0.429 e. The lowest BCUT2D eigenvalue weighted by molar-refractivity contribution is -0.0119. The molecule has 0 fully saturated rings. The molecule has 0 heterocycles. The molecule has 0 aliphatic carbocycles. The van der Waals surface area contributed by atoms with Gasteiger partial charge in [-0.15, -0.1) is 0 Å². The summed E-state index contributed by atoms with van der Waals surface area (Å²) < 4.78 is 63.2. The first-order chi connectivity index (χ1) is 41.2. The molecular formula is C71H86O18. The summed E-state index contributed by atoms with van der Waals surface area (Å²) in [7, 11) is 0. The van der Waals surface area contributed by atoms with E-state index in [1.165, 1.54) is 0 Å². The highest BCUT2D eigenvalue weighted by Gasteiger charge is 2.26. The van der Waals surface area contributed by atoms with E-state index in [-0.39, 0.29) is 31.7 Å². The maximum Gasteiger partial charge on any atom is 0.514 e. The maximum absolute atomic E-state index is 12.1. The summed E-state index contributed by atoms with van der Waals surface area (Å²) in [4.78, 5) is 72.4. The van der Waals surface area contributed by atoms with Crippen molar-refractivity contribution in [2.24, 2.45) is 0 Å². The average molecular weight is 1230 g/mol. The summed E-state index contributed by atoms with van der Waals surface area (Å²) in [6.07, 6.45) is -4.54. The van der Waals surface area contributed by atoms with Crippen molar-refractivity contribution in [3.05, 3.63) is 196 Å². The summed E-state index contributed by atoms with van der Waals surface area (Å²) >= 11 is 0. The zero-order valence-corrected chi connectivity index (χ0v) is 54.5. The van der Waals surface area contributed by atoms with E-state index >= 15 is 0 Å². The molecule has 18 heteroatoms. The second-order valence-electron chi connectivity index (χ2n) is 26.8. The van der Waals surface area contributed by atoms with Gasteiger partial charge in [-0.05, 0) is 211 Å². The van der Waals surface area contributed by atoms with E-state index in [0.717, 1.165) is 50.1 Å². The molecule has 6 rings (SSSR count). The van der Waals surface area contributed by atoms with Gasteiger partial charge >= 0.3 is 36.9 Å². The van der Waals surface area contributed by atoms with Crippen molar-refractivity contribution in [3.63, 3.8) is 0 Å². The number of carbonyl (C=O) groups excluding carboxylic acids is 6. The van der Waals surface area contributed by atoms with Gasteiger partial charge in [0.1, 0.15) is 70.7 Å². The van der Waals surface area contributed by atoms with Crippen molar-refractivity contribution < 1.29 is 85.6 Å². The van der Waals surface area contributed by atoms with Crippen LogP contribution in [0, 0.1) is 0 Å². The highest BCUT2D eigenvalue weighted by molar-refractivity contribution is 5.66. The van der Waals surface area contributed by atoms with Crippen LogP contribution in [0.1, 0.15) is 187 Å². The Morgan fingerprint density at radius 2 is 0.404 bits per heavy atom. The first kappa shape index (κ1) is 70.7. The number of hydrogen-bond donors (Lipinski definition) is 0. The molecule has 0 N–H and O–H groups in total. The van der Waals surface area contributed by atoms with E-state index in [1.807, 2.05) is 109 Å². The Kier molecular flexibility index (Phi) is 24.0. The van der Waals surface area contributed by atoms with E-state index in [2.05, 4.69) is 0 Å². The predicted molar refractivity (Wildman–Crippen MR) is 334 cm³/mol. The number of carbonyl (C=O) groups is 6. The summed E-state index contributed by atoms with van der Waals surface area (Å²) in [5.41, 5.74) is 4.20. The Morgan fingerprint density at radius 3 is 0.573 bits per heavy atom. The van der Waals surface area contributed by atoms with Crippen molar-refractivity contribution in [1.29, 1.82) is 0 Å². The summed E-state index contributed by atoms with van der Waals surface area (Å²) in [6, 6.07) is 44.7. The van der Waals surface area contributed by atoms with Crippen LogP contribution in [0.5, 0.6) is 17.2 Å². The fraction of sp³-hybridized carbons (Fsp3) is 0.408. The summed E-state index contributed by atoms with van der Waals surface area (Å²) in [5, 5.41) is 0. The third kappa shape index (κ3) is 26.8. The quantitative estimate of drug-likeness (QED) is 0.0404. The lowest BCUT2D eigenvalue weighted by Crippen LogP contribution is -2.26. The molecule has 6 aromatic carbocycles. The zero-order chi connectivity index (χ0) is 66.1. The second kappa shape index (κ2) is 30.2. The Labute approximate surface area is 523 Å². The molecule has 478 valence electrons. The summed E-state index contributed by atoms with van der Waals surface area (Å²) in [5.74, 6) is 0.570. The van der Waals surface area contributed by atoms with Crippen LogP contribution in [0.4, 0.5) is 28.8 Å². The minimum atomic E-state index is -0.794. The van der Waals surface area contributed by atoms with Gasteiger partial charge < -0.3 is 56.8 Å². The van der Waals surface area contributed by atoms with Crippen LogP contribution in [0.15, 0.2) is 146 Å². The zero-order valence-electron chi connectivity index (χ0n) is 54.5. The molecule has 0 aliphatic rings. The summed E-state index contributed by atoms with van der Waals surface area (Å²) in [6.45, 7) is 32.1. The van der Waals surface area contributed by atoms with Gasteiger partial charge in [0.15, 0.2) is 0 Å². The largest absolute Gasteiger partial charge is 0.514 e. The molecular weight excluding hydrogens is 1140 g/mol. The van der Waals surface area contributed by atoms with Gasteiger partial charge in [-0.25, -0.2) is 28.8 Å². The van der Waals surface area contributed by atoms with E-state index in [0.29, 0.717) is 17.2 Å². The van der Waals surface area contributed by atoms with Gasteiger partial charge in [0.25, 0.3) is 0 Å². The molecule has 0 aromatic heterocycles. The molecule has 0 aliphatic heterocycles. The SMILES string of the molecule is CC(C)(C)OC(=O)OCc1ccc(C(c2ccc(COC(=O)OC(C)(C)C)cc2)c2ccc(COC(=O)OC(C)(C)C)cc2)cc1.CC(C)(C)OC(=O)Oc1ccc(C(c2ccc(OC(=O)OC(C)(C)C)cc2)c2ccc(OC(=O)OC(C)(C)C)cc2)cc1. The molecule has 0 saturated heterocycles. The standard InChI is InChI=1S/C37H46O9.C34H40O9/c1-35(2,3)44-32(38)41-22-25-10-16-28(17-11-25)31(29-18-12-26(13-19-29)23-42-33(39)45-36(4,5)6)30-20-14-27(15-21-30)24-43-34(40)46-37(7,8)9;1-32(2,3)41-29(35)38-25-16-10-22(11-17-25)28(23-12-18-26(19-13-23)39-30(36)42-33(4,5)6)24-14-20-27(21-15-24)40-31(37)43-34(7,8)9/h10-21,31H,22-24H2,1-9H3;10-21,28H,1-9H3. The molecule has 89 heavy (non-hydrogen) atoms. The monoisotopic (exact) mass is 1230 g/mol. The molecule has 6 aromatic rings. The van der Waals surface area contributed by atoms with Gasteiger partial charge in [0.2, 0.25) is 0 Å². The average Bonchev–Trinajstić information content (AvgIpc) is 2.42. The van der Waals surface area contributed by atoms with Crippen molar-refractivity contribution in [3.8, 4) is 17.2 Å². The van der Waals surface area contributed by atoms with Crippen LogP contribution in [0.25, 0.3) is 0 Å². The molecule has 18 nitrogen and oxygen atoms in total. The topological polar surface area (TPSA) is 213 Å². The lowest BCUT2D eigenvalue weighted by Gasteiger charge is -2.21. The van der Waals surface area contributed by atoms with Gasteiger partial charge in [-0.2, -0.15) is 0 Å². The van der Waals surface area contributed by atoms with Gasteiger partial charge in [-0.3, -0.25) is 0 Å². The fourth-order valence-electron chi connectivity index (χ4n) is 8.12. The van der Waals surface area contributed by atoms with E-state index < -0.39 is 70.5 Å². The van der Waals surface area contributed by atoms with Crippen molar-refractivity contribution in [2.75, 3.05) is 0 Å². The molecule has 0 spiro atoms. The third-order valence-electron chi connectivity index (χ3n) is 11.6. The van der Waals surface area contributed by atoms with Gasteiger partial charge in [0, 0.05) is 11.8 Å². The number of hydrogen-bond acceptors (Lipinski definition) is 18. The van der Waals surface area contributed by atoms with Crippen LogP contribution in [-0.2, 0) is 62.5 Å². The maximum atomic E-state index is 12.1. The van der Waals surface area contributed by atoms with Gasteiger partial charge in [-0.1, -0.05) is 109 Å². The van der Waals surface area contributed by atoms with Crippen LogP contribution < -0.4 is 14.2 Å². The van der Waals surface area contributed by atoms with E-state index in [9.17, 15) is 28.8 Å². The van der Waals surface area contributed by atoms with Crippen molar-refractivity contribution >= 4 is 36.9 Å². The Bertz CT molecular complexity index is 2920. The van der Waals surface area contributed by atoms with Gasteiger partial charge in [0.05, 0.1) is 0 Å². The number of rotatable bonds is 15. The van der Waals surface area contributed by atoms with E-state index in [1.54, 1.807) is 161 Å². The number of benzene rings is 6. The van der Waals surface area contributed by atoms with Crippen LogP contribution in [0.2, 0.25) is 0 Å². The molecule has 0 radical (unpaired) electrons. The molecule has 0 saturated carbocycles.